The molecule has 16 heavy (non-hydrogen) atoms. The Morgan fingerprint density at radius 1 is 1.12 bits per heavy atom. The zero-order valence-corrected chi connectivity index (χ0v) is 12.2. The first-order valence-corrected chi connectivity index (χ1v) is 6.90. The molecule has 2 unspecified atom stereocenters. The first-order chi connectivity index (χ1) is 7.39. The van der Waals surface area contributed by atoms with E-state index in [0.717, 1.165) is 25.4 Å². The Morgan fingerprint density at radius 2 is 1.62 bits per heavy atom. The summed E-state index contributed by atoms with van der Waals surface area (Å²) in [4.78, 5) is 2.47. The minimum atomic E-state index is 0.117. The second-order valence-corrected chi connectivity index (χ2v) is 5.56. The summed E-state index contributed by atoms with van der Waals surface area (Å²) in [5.74, 6) is 0.745. The van der Waals surface area contributed by atoms with Crippen LogP contribution in [0.4, 0.5) is 0 Å². The molecule has 0 heterocycles. The van der Waals surface area contributed by atoms with Gasteiger partial charge in [-0.2, -0.15) is 0 Å². The van der Waals surface area contributed by atoms with Crippen LogP contribution in [0, 0.1) is 5.92 Å². The molecule has 0 aliphatic heterocycles. The fraction of sp³-hybridized carbons (Fsp3) is 1.00. The summed E-state index contributed by atoms with van der Waals surface area (Å²) >= 11 is 0. The van der Waals surface area contributed by atoms with Crippen LogP contribution in [0.15, 0.2) is 0 Å². The van der Waals surface area contributed by atoms with Gasteiger partial charge < -0.3 is 5.73 Å². The van der Waals surface area contributed by atoms with Crippen molar-refractivity contribution in [1.29, 1.82) is 0 Å². The van der Waals surface area contributed by atoms with Crippen molar-refractivity contribution in [3.05, 3.63) is 0 Å². The molecular formula is C14H32N2. The van der Waals surface area contributed by atoms with E-state index in [9.17, 15) is 0 Å². The minimum absolute atomic E-state index is 0.117. The molecule has 2 nitrogen and oxygen atoms in total. The Hall–Kier alpha value is -0.0800. The van der Waals surface area contributed by atoms with Gasteiger partial charge in [-0.1, -0.05) is 40.5 Å². The molecule has 0 aliphatic carbocycles. The van der Waals surface area contributed by atoms with E-state index in [2.05, 4.69) is 46.4 Å². The number of nitrogens with two attached hydrogens (primary N) is 1. The third kappa shape index (κ3) is 4.42. The topological polar surface area (TPSA) is 29.3 Å². The largest absolute Gasteiger partial charge is 0.326 e. The van der Waals surface area contributed by atoms with E-state index < -0.39 is 0 Å². The quantitative estimate of drug-likeness (QED) is 0.691. The van der Waals surface area contributed by atoms with Crippen LogP contribution >= 0.6 is 0 Å². The molecule has 0 spiro atoms. The molecule has 2 atom stereocenters. The zero-order valence-electron chi connectivity index (χ0n) is 12.2. The van der Waals surface area contributed by atoms with Gasteiger partial charge in [0.15, 0.2) is 0 Å². The highest BCUT2D eigenvalue weighted by molar-refractivity contribution is 4.91. The molecule has 0 rings (SSSR count). The van der Waals surface area contributed by atoms with Gasteiger partial charge in [0.25, 0.3) is 0 Å². The van der Waals surface area contributed by atoms with Crippen molar-refractivity contribution in [2.75, 3.05) is 13.1 Å². The van der Waals surface area contributed by atoms with Crippen molar-refractivity contribution in [3.63, 3.8) is 0 Å². The molecule has 0 aliphatic rings. The predicted octanol–water partition coefficient (Wildman–Crippen LogP) is 3.26. The molecule has 0 aromatic heterocycles. The van der Waals surface area contributed by atoms with Crippen LogP contribution < -0.4 is 5.73 Å². The van der Waals surface area contributed by atoms with Gasteiger partial charge in [-0.3, -0.25) is 4.90 Å². The standard InChI is InChI=1S/C14H32N2/c1-7-10-12(4)11-13(15)14(5,6)16(8-2)9-3/h12-13H,7-11,15H2,1-6H3. The van der Waals surface area contributed by atoms with Gasteiger partial charge in [0.2, 0.25) is 0 Å². The van der Waals surface area contributed by atoms with Crippen molar-refractivity contribution in [1.82, 2.24) is 4.90 Å². The van der Waals surface area contributed by atoms with Crippen LogP contribution in [-0.4, -0.2) is 29.6 Å². The first kappa shape index (κ1) is 15.9. The van der Waals surface area contributed by atoms with Crippen molar-refractivity contribution < 1.29 is 0 Å². The van der Waals surface area contributed by atoms with Crippen LogP contribution in [0.25, 0.3) is 0 Å². The number of hydrogen-bond acceptors (Lipinski definition) is 2. The van der Waals surface area contributed by atoms with E-state index in [1.165, 1.54) is 12.8 Å². The maximum absolute atomic E-state index is 6.39. The van der Waals surface area contributed by atoms with E-state index in [4.69, 9.17) is 5.73 Å². The monoisotopic (exact) mass is 228 g/mol. The van der Waals surface area contributed by atoms with E-state index in [-0.39, 0.29) is 11.6 Å². The Labute approximate surface area is 103 Å². The second-order valence-electron chi connectivity index (χ2n) is 5.56. The maximum Gasteiger partial charge on any atom is 0.0303 e. The van der Waals surface area contributed by atoms with Crippen molar-refractivity contribution in [3.8, 4) is 0 Å². The normalized spacial score (nSPS) is 16.5. The molecule has 0 radical (unpaired) electrons. The number of nitrogens with zero attached hydrogens (tertiary/aromatic N) is 1. The Balaban J connectivity index is 4.37. The summed E-state index contributed by atoms with van der Waals surface area (Å²) in [5.41, 5.74) is 6.51. The van der Waals surface area contributed by atoms with Crippen LogP contribution in [0.5, 0.6) is 0 Å². The van der Waals surface area contributed by atoms with Crippen molar-refractivity contribution >= 4 is 0 Å². The summed E-state index contributed by atoms with van der Waals surface area (Å²) < 4.78 is 0. The van der Waals surface area contributed by atoms with E-state index in [1.807, 2.05) is 0 Å². The molecule has 0 amide bonds. The van der Waals surface area contributed by atoms with Crippen LogP contribution in [0.2, 0.25) is 0 Å². The third-order valence-corrected chi connectivity index (χ3v) is 3.92. The number of rotatable bonds is 8. The van der Waals surface area contributed by atoms with Gasteiger partial charge in [-0.15, -0.1) is 0 Å². The summed E-state index contributed by atoms with van der Waals surface area (Å²) in [6, 6.07) is 0.272. The van der Waals surface area contributed by atoms with Gasteiger partial charge >= 0.3 is 0 Å². The Bertz CT molecular complexity index is 174. The summed E-state index contributed by atoms with van der Waals surface area (Å²) in [6.07, 6.45) is 3.69. The third-order valence-electron chi connectivity index (χ3n) is 3.92. The number of likely N-dealkylation sites (N-methyl/N-ethyl adjacent to an activating group) is 1. The van der Waals surface area contributed by atoms with Gasteiger partial charge in [0.05, 0.1) is 0 Å². The lowest BCUT2D eigenvalue weighted by atomic mass is 9.85. The SMILES string of the molecule is CCCC(C)CC(N)C(C)(C)N(CC)CC. The fourth-order valence-electron chi connectivity index (χ4n) is 2.61. The Morgan fingerprint density at radius 3 is 2.00 bits per heavy atom. The van der Waals surface area contributed by atoms with Gasteiger partial charge in [0.1, 0.15) is 0 Å². The van der Waals surface area contributed by atoms with Crippen LogP contribution in [-0.2, 0) is 0 Å². The molecule has 0 aromatic carbocycles. The summed E-state index contributed by atoms with van der Waals surface area (Å²) in [7, 11) is 0. The average molecular weight is 228 g/mol. The molecule has 0 bridgehead atoms. The maximum atomic E-state index is 6.39. The molecule has 2 N–H and O–H groups in total. The molecule has 98 valence electrons. The van der Waals surface area contributed by atoms with Crippen molar-refractivity contribution in [2.24, 2.45) is 11.7 Å². The fourth-order valence-corrected chi connectivity index (χ4v) is 2.61. The second kappa shape index (κ2) is 7.29. The molecule has 0 aromatic rings. The summed E-state index contributed by atoms with van der Waals surface area (Å²) in [6.45, 7) is 15.7. The molecule has 0 saturated carbocycles. The average Bonchev–Trinajstić information content (AvgIpc) is 2.19. The lowest BCUT2D eigenvalue weighted by molar-refractivity contribution is 0.0965. The predicted molar refractivity (Wildman–Crippen MR) is 73.7 cm³/mol. The summed E-state index contributed by atoms with van der Waals surface area (Å²) in [5, 5.41) is 0. The highest BCUT2D eigenvalue weighted by Crippen LogP contribution is 2.23. The van der Waals surface area contributed by atoms with Gasteiger partial charge in [-0.25, -0.2) is 0 Å². The van der Waals surface area contributed by atoms with E-state index >= 15 is 0 Å². The first-order valence-electron chi connectivity index (χ1n) is 6.90. The Kier molecular flexibility index (Phi) is 7.25. The molecular weight excluding hydrogens is 196 g/mol. The highest BCUT2D eigenvalue weighted by Gasteiger charge is 2.31. The minimum Gasteiger partial charge on any atom is -0.326 e. The van der Waals surface area contributed by atoms with Crippen molar-refractivity contribution in [2.45, 2.75) is 72.4 Å². The lowest BCUT2D eigenvalue weighted by Gasteiger charge is -2.42. The van der Waals surface area contributed by atoms with Gasteiger partial charge in [-0.05, 0) is 39.3 Å². The van der Waals surface area contributed by atoms with E-state index in [1.54, 1.807) is 0 Å². The molecule has 2 heteroatoms. The number of hydrogen-bond donors (Lipinski definition) is 1. The smallest absolute Gasteiger partial charge is 0.0303 e. The zero-order chi connectivity index (χ0) is 12.8. The van der Waals surface area contributed by atoms with Crippen LogP contribution in [0.1, 0.15) is 60.8 Å². The van der Waals surface area contributed by atoms with Gasteiger partial charge in [0, 0.05) is 11.6 Å². The molecule has 0 fully saturated rings. The van der Waals surface area contributed by atoms with Crippen LogP contribution in [0.3, 0.4) is 0 Å². The van der Waals surface area contributed by atoms with E-state index in [0.29, 0.717) is 0 Å². The molecule has 0 saturated heterocycles. The highest BCUT2D eigenvalue weighted by atomic mass is 15.2. The lowest BCUT2D eigenvalue weighted by Crippen LogP contribution is -2.56.